The second-order valence-corrected chi connectivity index (χ2v) is 6.86. The number of terminal acetylenes is 1. The molecule has 0 aliphatic heterocycles. The first kappa shape index (κ1) is 16.9. The van der Waals surface area contributed by atoms with Crippen LogP contribution >= 0.6 is 11.3 Å². The minimum atomic E-state index is -0.281. The van der Waals surface area contributed by atoms with Gasteiger partial charge in [0.25, 0.3) is 11.5 Å². The van der Waals surface area contributed by atoms with Gasteiger partial charge in [-0.05, 0) is 18.2 Å². The molecule has 0 saturated carbocycles. The number of nitrogens with zero attached hydrogens (tertiary/aromatic N) is 3. The molecule has 0 radical (unpaired) electrons. The van der Waals surface area contributed by atoms with Gasteiger partial charge in [0.05, 0.1) is 27.8 Å². The summed E-state index contributed by atoms with van der Waals surface area (Å²) in [5.41, 5.74) is 1.12. The Morgan fingerprint density at radius 1 is 1.15 bits per heavy atom. The zero-order valence-electron chi connectivity index (χ0n) is 14.2. The summed E-state index contributed by atoms with van der Waals surface area (Å²) in [6.07, 6.45) is 5.33. The van der Waals surface area contributed by atoms with E-state index in [1.165, 1.54) is 16.0 Å². The molecule has 0 unspecified atom stereocenters. The number of fused-ring (bicyclic) bond motifs is 2. The van der Waals surface area contributed by atoms with Crippen molar-refractivity contribution in [3.05, 3.63) is 69.6 Å². The minimum Gasteiger partial charge on any atom is -0.344 e. The number of hydrogen-bond acceptors (Lipinski definition) is 5. The molecule has 1 amide bonds. The van der Waals surface area contributed by atoms with Gasteiger partial charge in [0.2, 0.25) is 0 Å². The molecule has 2 aromatic carbocycles. The average Bonchev–Trinajstić information content (AvgIpc) is 3.13. The van der Waals surface area contributed by atoms with E-state index in [2.05, 4.69) is 21.3 Å². The first-order chi connectivity index (χ1) is 13.2. The summed E-state index contributed by atoms with van der Waals surface area (Å²) in [7, 11) is 0. The van der Waals surface area contributed by atoms with Crippen LogP contribution in [0, 0.1) is 12.3 Å². The van der Waals surface area contributed by atoms with E-state index in [9.17, 15) is 9.59 Å². The van der Waals surface area contributed by atoms with E-state index in [1.54, 1.807) is 12.1 Å². The third-order valence-electron chi connectivity index (χ3n) is 4.09. The normalized spacial score (nSPS) is 10.8. The Hall–Kier alpha value is -3.50. The maximum absolute atomic E-state index is 12.5. The van der Waals surface area contributed by atoms with Crippen LogP contribution in [-0.2, 0) is 13.1 Å². The van der Waals surface area contributed by atoms with Crippen molar-refractivity contribution in [2.45, 2.75) is 13.1 Å². The van der Waals surface area contributed by atoms with Crippen LogP contribution in [-0.4, -0.2) is 20.7 Å². The quantitative estimate of drug-likeness (QED) is 0.557. The fraction of sp³-hybridized carbons (Fsp3) is 0.100. The lowest BCUT2D eigenvalue weighted by Gasteiger charge is -2.09. The summed E-state index contributed by atoms with van der Waals surface area (Å²) in [6, 6.07) is 14.7. The summed E-state index contributed by atoms with van der Waals surface area (Å²) in [5, 5.41) is 8.77. The second-order valence-electron chi connectivity index (χ2n) is 5.83. The SMILES string of the molecule is C#CCn1nc(CNC(=O)c2nc3ccccc3s2)c2ccccc2c1=O. The molecule has 4 rings (SSSR count). The van der Waals surface area contributed by atoms with Gasteiger partial charge in [-0.2, -0.15) is 5.10 Å². The van der Waals surface area contributed by atoms with E-state index in [-0.39, 0.29) is 24.6 Å². The number of hydrogen-bond donors (Lipinski definition) is 1. The van der Waals surface area contributed by atoms with E-state index >= 15 is 0 Å². The van der Waals surface area contributed by atoms with E-state index in [1.807, 2.05) is 36.4 Å². The number of nitrogens with one attached hydrogen (secondary N) is 1. The third-order valence-corrected chi connectivity index (χ3v) is 5.12. The Morgan fingerprint density at radius 3 is 2.67 bits per heavy atom. The summed E-state index contributed by atoms with van der Waals surface area (Å²) >= 11 is 1.33. The summed E-state index contributed by atoms with van der Waals surface area (Å²) in [5.74, 6) is 2.15. The lowest BCUT2D eigenvalue weighted by molar-refractivity contribution is 0.0950. The van der Waals surface area contributed by atoms with E-state index in [0.717, 1.165) is 10.2 Å². The number of aromatic nitrogens is 3. The molecule has 0 spiro atoms. The Morgan fingerprint density at radius 2 is 1.89 bits per heavy atom. The lowest BCUT2D eigenvalue weighted by Crippen LogP contribution is -2.28. The highest BCUT2D eigenvalue weighted by Crippen LogP contribution is 2.21. The van der Waals surface area contributed by atoms with Gasteiger partial charge in [0.15, 0.2) is 5.01 Å². The minimum absolute atomic E-state index is 0.0719. The molecule has 2 heterocycles. The molecule has 0 aliphatic carbocycles. The second kappa shape index (κ2) is 7.02. The highest BCUT2D eigenvalue weighted by atomic mass is 32.1. The number of thiazole rings is 1. The molecule has 132 valence electrons. The number of rotatable bonds is 4. The molecule has 0 fully saturated rings. The molecular formula is C20H14N4O2S. The van der Waals surface area contributed by atoms with Crippen molar-refractivity contribution < 1.29 is 4.79 Å². The molecular weight excluding hydrogens is 360 g/mol. The van der Waals surface area contributed by atoms with Crippen LogP contribution in [0.15, 0.2) is 53.3 Å². The predicted molar refractivity (Wildman–Crippen MR) is 106 cm³/mol. The lowest BCUT2D eigenvalue weighted by atomic mass is 10.1. The molecule has 7 heteroatoms. The first-order valence-electron chi connectivity index (χ1n) is 8.23. The fourth-order valence-electron chi connectivity index (χ4n) is 2.84. The Labute approximate surface area is 158 Å². The van der Waals surface area contributed by atoms with Gasteiger partial charge in [0.1, 0.15) is 6.54 Å². The summed E-state index contributed by atoms with van der Waals surface area (Å²) < 4.78 is 2.19. The van der Waals surface area contributed by atoms with Crippen molar-refractivity contribution in [2.24, 2.45) is 0 Å². The monoisotopic (exact) mass is 374 g/mol. The molecule has 0 atom stereocenters. The summed E-state index contributed by atoms with van der Waals surface area (Å²) in [4.78, 5) is 29.3. The number of carbonyl (C=O) groups excluding carboxylic acids is 1. The first-order valence-corrected chi connectivity index (χ1v) is 9.05. The van der Waals surface area contributed by atoms with Crippen LogP contribution in [0.2, 0.25) is 0 Å². The Balaban J connectivity index is 1.65. The zero-order valence-corrected chi connectivity index (χ0v) is 15.0. The van der Waals surface area contributed by atoms with Crippen LogP contribution in [0.3, 0.4) is 0 Å². The standard InChI is InChI=1S/C20H14N4O2S/c1-2-11-24-20(26)14-8-4-3-7-13(14)16(23-24)12-21-18(25)19-22-15-9-5-6-10-17(15)27-19/h1,3-10H,11-12H2,(H,21,25). The van der Waals surface area contributed by atoms with Crippen LogP contribution < -0.4 is 10.9 Å². The van der Waals surface area contributed by atoms with Gasteiger partial charge >= 0.3 is 0 Å². The van der Waals surface area contributed by atoms with E-state index in [4.69, 9.17) is 6.42 Å². The number of amides is 1. The molecule has 4 aromatic rings. The predicted octanol–water partition coefficient (Wildman–Crippen LogP) is 2.57. The summed E-state index contributed by atoms with van der Waals surface area (Å²) in [6.45, 7) is 0.239. The molecule has 6 nitrogen and oxygen atoms in total. The van der Waals surface area contributed by atoms with Crippen LogP contribution in [0.1, 0.15) is 15.5 Å². The van der Waals surface area contributed by atoms with Gasteiger partial charge < -0.3 is 5.32 Å². The molecule has 0 aliphatic rings. The fourth-order valence-corrected chi connectivity index (χ4v) is 3.72. The topological polar surface area (TPSA) is 76.9 Å². The maximum Gasteiger partial charge on any atom is 0.280 e. The smallest absolute Gasteiger partial charge is 0.280 e. The molecule has 0 saturated heterocycles. The van der Waals surface area contributed by atoms with Gasteiger partial charge in [0, 0.05) is 5.39 Å². The van der Waals surface area contributed by atoms with Crippen molar-refractivity contribution in [1.82, 2.24) is 20.1 Å². The number of benzene rings is 2. The van der Waals surface area contributed by atoms with E-state index < -0.39 is 0 Å². The Kier molecular flexibility index (Phi) is 4.40. The van der Waals surface area contributed by atoms with E-state index in [0.29, 0.717) is 21.5 Å². The number of carbonyl (C=O) groups is 1. The highest BCUT2D eigenvalue weighted by Gasteiger charge is 2.14. The van der Waals surface area contributed by atoms with Crippen molar-refractivity contribution in [3.8, 4) is 12.3 Å². The molecule has 2 aromatic heterocycles. The van der Waals surface area contributed by atoms with Crippen molar-refractivity contribution in [2.75, 3.05) is 0 Å². The highest BCUT2D eigenvalue weighted by molar-refractivity contribution is 7.20. The van der Waals surface area contributed by atoms with Gasteiger partial charge in [-0.25, -0.2) is 9.67 Å². The van der Waals surface area contributed by atoms with Crippen molar-refractivity contribution in [3.63, 3.8) is 0 Å². The third kappa shape index (κ3) is 3.18. The van der Waals surface area contributed by atoms with Gasteiger partial charge in [-0.1, -0.05) is 36.3 Å². The molecule has 1 N–H and O–H groups in total. The van der Waals surface area contributed by atoms with Gasteiger partial charge in [-0.15, -0.1) is 17.8 Å². The average molecular weight is 374 g/mol. The van der Waals surface area contributed by atoms with Crippen LogP contribution in [0.4, 0.5) is 0 Å². The number of para-hydroxylation sites is 1. The van der Waals surface area contributed by atoms with Crippen molar-refractivity contribution >= 4 is 38.2 Å². The van der Waals surface area contributed by atoms with Crippen molar-refractivity contribution in [1.29, 1.82) is 0 Å². The van der Waals surface area contributed by atoms with Crippen LogP contribution in [0.5, 0.6) is 0 Å². The molecule has 27 heavy (non-hydrogen) atoms. The largest absolute Gasteiger partial charge is 0.344 e. The molecule has 0 bridgehead atoms. The maximum atomic E-state index is 12.5. The van der Waals surface area contributed by atoms with Crippen LogP contribution in [0.25, 0.3) is 21.0 Å². The zero-order chi connectivity index (χ0) is 18.8. The Bertz CT molecular complexity index is 1230. The van der Waals surface area contributed by atoms with Gasteiger partial charge in [-0.3, -0.25) is 9.59 Å².